The zero-order chi connectivity index (χ0) is 23.6. The highest BCUT2D eigenvalue weighted by atomic mass is 16.5. The van der Waals surface area contributed by atoms with Gasteiger partial charge >= 0.3 is 0 Å². The predicted molar refractivity (Wildman–Crippen MR) is 119 cm³/mol. The van der Waals surface area contributed by atoms with Crippen LogP contribution in [0.2, 0.25) is 0 Å². The number of likely N-dealkylation sites (N-methyl/N-ethyl adjacent to an activating group) is 1. The zero-order valence-electron chi connectivity index (χ0n) is 20.6. The van der Waals surface area contributed by atoms with Gasteiger partial charge in [0.1, 0.15) is 11.2 Å². The Kier molecular flexibility index (Phi) is 4.99. The molecular formula is C25H41NO7. The fraction of sp³-hybridized carbons (Fsp3) is 1.00. The SMILES string of the molecule is CCN1C[C@]2(CO)CC[C@H](OC)[C@@]34C5C[C@H]6C(OC)C5[C@](O)(C[C@@H]6OC)[C@@](O)(C(OC)C23)C14. The molecule has 0 aromatic carbocycles. The second-order valence-corrected chi connectivity index (χ2v) is 11.8. The summed E-state index contributed by atoms with van der Waals surface area (Å²) in [6.45, 7) is 3.59. The van der Waals surface area contributed by atoms with Crippen LogP contribution < -0.4 is 0 Å². The maximum absolute atomic E-state index is 13.0. The molecule has 8 heteroatoms. The standard InChI is InChI=1S/C25H41NO7/c1-6-26-11-22(12-27)8-7-16(31-3)24-14-9-13-15(30-2)10-23(28,17(14)18(13)32-4)25(29,21(24)26)20(33-5)19(22)24/h13-21,27-29H,6-12H2,1-5H3/t13-,14?,15+,16+,17?,18?,19?,20?,21?,22+,23-,24+,25-/m1/s1. The minimum Gasteiger partial charge on any atom is -0.396 e. The number of piperidine rings is 1. The maximum atomic E-state index is 13.0. The average molecular weight is 468 g/mol. The van der Waals surface area contributed by atoms with E-state index in [4.69, 9.17) is 18.9 Å². The molecule has 8 nitrogen and oxygen atoms in total. The van der Waals surface area contributed by atoms with Gasteiger partial charge in [-0.25, -0.2) is 0 Å². The molecule has 6 rings (SSSR count). The maximum Gasteiger partial charge on any atom is 0.136 e. The van der Waals surface area contributed by atoms with E-state index in [1.54, 1.807) is 28.4 Å². The monoisotopic (exact) mass is 467 g/mol. The number of ether oxygens (including phenoxy) is 4. The third-order valence-corrected chi connectivity index (χ3v) is 11.6. The summed E-state index contributed by atoms with van der Waals surface area (Å²) in [5.74, 6) is -0.0916. The van der Waals surface area contributed by atoms with Gasteiger partial charge in [-0.05, 0) is 31.7 Å². The second-order valence-electron chi connectivity index (χ2n) is 11.8. The van der Waals surface area contributed by atoms with Crippen LogP contribution in [0.25, 0.3) is 0 Å². The Morgan fingerprint density at radius 3 is 2.36 bits per heavy atom. The van der Waals surface area contributed by atoms with E-state index in [1.165, 1.54) is 0 Å². The Labute approximate surface area is 196 Å². The number of aliphatic hydroxyl groups is 3. The van der Waals surface area contributed by atoms with E-state index in [9.17, 15) is 15.3 Å². The van der Waals surface area contributed by atoms with Crippen molar-refractivity contribution in [2.75, 3.05) is 48.1 Å². The summed E-state index contributed by atoms with van der Waals surface area (Å²) in [4.78, 5) is 2.33. The van der Waals surface area contributed by atoms with Gasteiger partial charge in [0.2, 0.25) is 0 Å². The number of aliphatic hydroxyl groups excluding tert-OH is 1. The second kappa shape index (κ2) is 7.13. The largest absolute Gasteiger partial charge is 0.396 e. The molecule has 7 bridgehead atoms. The molecule has 33 heavy (non-hydrogen) atoms. The van der Waals surface area contributed by atoms with Crippen LogP contribution in [0.5, 0.6) is 0 Å². The van der Waals surface area contributed by atoms with Crippen LogP contribution in [0, 0.1) is 34.5 Å². The number of rotatable bonds is 6. The lowest BCUT2D eigenvalue weighted by Crippen LogP contribution is -2.82. The lowest BCUT2D eigenvalue weighted by Gasteiger charge is -2.70. The molecule has 1 spiro atoms. The molecule has 3 N–H and O–H groups in total. The summed E-state index contributed by atoms with van der Waals surface area (Å²) in [6, 6.07) is -0.312. The van der Waals surface area contributed by atoms with Crippen molar-refractivity contribution in [1.82, 2.24) is 4.90 Å². The quantitative estimate of drug-likeness (QED) is 0.512. The first kappa shape index (κ1) is 23.1. The number of hydrogen-bond donors (Lipinski definition) is 3. The van der Waals surface area contributed by atoms with E-state index < -0.39 is 28.1 Å². The van der Waals surface area contributed by atoms with Crippen LogP contribution in [-0.4, -0.2) is 110 Å². The van der Waals surface area contributed by atoms with Crippen molar-refractivity contribution < 1.29 is 34.3 Å². The van der Waals surface area contributed by atoms with Crippen LogP contribution in [0.4, 0.5) is 0 Å². The van der Waals surface area contributed by atoms with E-state index in [1.807, 2.05) is 0 Å². The normalized spacial score (nSPS) is 60.9. The van der Waals surface area contributed by atoms with Crippen molar-refractivity contribution in [3.63, 3.8) is 0 Å². The highest BCUT2D eigenvalue weighted by Gasteiger charge is 2.91. The number of hydrogen-bond acceptors (Lipinski definition) is 8. The van der Waals surface area contributed by atoms with Gasteiger partial charge in [0.15, 0.2) is 0 Å². The highest BCUT2D eigenvalue weighted by molar-refractivity contribution is 5.41. The Bertz CT molecular complexity index is 814. The Hall–Kier alpha value is -0.320. The summed E-state index contributed by atoms with van der Waals surface area (Å²) in [5, 5.41) is 36.6. The molecule has 6 unspecified atom stereocenters. The predicted octanol–water partition coefficient (Wildman–Crippen LogP) is 0.271. The first-order valence-corrected chi connectivity index (χ1v) is 12.7. The van der Waals surface area contributed by atoms with Crippen molar-refractivity contribution in [2.45, 2.75) is 74.3 Å². The van der Waals surface area contributed by atoms with E-state index in [-0.39, 0.29) is 54.6 Å². The third-order valence-electron chi connectivity index (χ3n) is 11.6. The van der Waals surface area contributed by atoms with Gasteiger partial charge in [0, 0.05) is 70.0 Å². The summed E-state index contributed by atoms with van der Waals surface area (Å²) >= 11 is 0. The molecule has 0 amide bonds. The van der Waals surface area contributed by atoms with Gasteiger partial charge in [0.25, 0.3) is 0 Å². The minimum absolute atomic E-state index is 0.0443. The van der Waals surface area contributed by atoms with Crippen molar-refractivity contribution >= 4 is 0 Å². The Morgan fingerprint density at radius 1 is 1.03 bits per heavy atom. The molecule has 1 heterocycles. The fourth-order valence-corrected chi connectivity index (χ4v) is 11.0. The van der Waals surface area contributed by atoms with Crippen molar-refractivity contribution in [1.29, 1.82) is 0 Å². The van der Waals surface area contributed by atoms with Gasteiger partial charge in [-0.3, -0.25) is 4.90 Å². The van der Waals surface area contributed by atoms with Gasteiger partial charge in [-0.15, -0.1) is 0 Å². The molecule has 1 saturated heterocycles. The van der Waals surface area contributed by atoms with Gasteiger partial charge in [0.05, 0.1) is 37.1 Å². The van der Waals surface area contributed by atoms with E-state index in [2.05, 4.69) is 11.8 Å². The first-order chi connectivity index (χ1) is 15.8. The lowest BCUT2D eigenvalue weighted by molar-refractivity contribution is -0.320. The molecule has 0 aromatic rings. The molecule has 0 radical (unpaired) electrons. The van der Waals surface area contributed by atoms with Crippen LogP contribution >= 0.6 is 0 Å². The van der Waals surface area contributed by atoms with Crippen LogP contribution in [0.1, 0.15) is 32.6 Å². The van der Waals surface area contributed by atoms with Gasteiger partial charge in [-0.2, -0.15) is 0 Å². The molecule has 6 aliphatic rings. The zero-order valence-corrected chi connectivity index (χ0v) is 20.6. The molecular weight excluding hydrogens is 426 g/mol. The van der Waals surface area contributed by atoms with Crippen LogP contribution in [0.15, 0.2) is 0 Å². The molecule has 1 aliphatic heterocycles. The van der Waals surface area contributed by atoms with E-state index >= 15 is 0 Å². The smallest absolute Gasteiger partial charge is 0.136 e. The summed E-state index contributed by atoms with van der Waals surface area (Å²) in [5.41, 5.74) is -3.78. The van der Waals surface area contributed by atoms with E-state index in [0.717, 1.165) is 25.8 Å². The molecule has 0 aromatic heterocycles. The van der Waals surface area contributed by atoms with Crippen molar-refractivity contribution in [3.05, 3.63) is 0 Å². The number of fused-ring (bicyclic) bond motifs is 2. The van der Waals surface area contributed by atoms with Crippen molar-refractivity contribution in [3.8, 4) is 0 Å². The number of methoxy groups -OCH3 is 4. The van der Waals surface area contributed by atoms with Crippen LogP contribution in [0.3, 0.4) is 0 Å². The summed E-state index contributed by atoms with van der Waals surface area (Å²) < 4.78 is 24.5. The summed E-state index contributed by atoms with van der Waals surface area (Å²) in [7, 11) is 6.85. The molecule has 5 saturated carbocycles. The molecule has 6 fully saturated rings. The Morgan fingerprint density at radius 2 is 1.79 bits per heavy atom. The number of nitrogens with zero attached hydrogens (tertiary/aromatic N) is 1. The molecule has 5 aliphatic carbocycles. The fourth-order valence-electron chi connectivity index (χ4n) is 11.0. The van der Waals surface area contributed by atoms with Gasteiger partial charge in [-0.1, -0.05) is 6.92 Å². The molecule has 13 atom stereocenters. The third kappa shape index (κ3) is 2.16. The minimum atomic E-state index is -1.52. The molecule has 188 valence electrons. The van der Waals surface area contributed by atoms with Crippen LogP contribution in [-0.2, 0) is 18.9 Å². The highest BCUT2D eigenvalue weighted by Crippen LogP contribution is 2.80. The summed E-state index contributed by atoms with van der Waals surface area (Å²) in [6.07, 6.45) is 1.81. The average Bonchev–Trinajstić information content (AvgIpc) is 3.24. The van der Waals surface area contributed by atoms with Crippen molar-refractivity contribution in [2.24, 2.45) is 34.5 Å². The first-order valence-electron chi connectivity index (χ1n) is 12.7. The lowest BCUT2D eigenvalue weighted by atomic mass is 9.42. The number of likely N-dealkylation sites (tertiary alicyclic amines) is 1. The van der Waals surface area contributed by atoms with Gasteiger partial charge < -0.3 is 34.3 Å². The Balaban J connectivity index is 1.68. The topological polar surface area (TPSA) is 101 Å². The van der Waals surface area contributed by atoms with E-state index in [0.29, 0.717) is 13.0 Å².